The van der Waals surface area contributed by atoms with Crippen molar-refractivity contribution >= 4 is 27.3 Å². The highest BCUT2D eigenvalue weighted by Crippen LogP contribution is 2.26. The molecular formula is C20H24N6O3S. The van der Waals surface area contributed by atoms with Crippen LogP contribution in [0.25, 0.3) is 0 Å². The molecule has 0 bridgehead atoms. The van der Waals surface area contributed by atoms with Crippen molar-refractivity contribution in [3.63, 3.8) is 0 Å². The molecule has 0 aliphatic carbocycles. The molecule has 0 aliphatic rings. The molecule has 0 unspecified atom stereocenters. The quantitative estimate of drug-likeness (QED) is 0.445. The Balaban J connectivity index is 1.52. The van der Waals surface area contributed by atoms with Crippen LogP contribution in [0.1, 0.15) is 11.1 Å². The Kier molecular flexibility index (Phi) is 6.80. The first kappa shape index (κ1) is 21.5. The molecule has 0 radical (unpaired) electrons. The van der Waals surface area contributed by atoms with E-state index < -0.39 is 10.0 Å². The lowest BCUT2D eigenvalue weighted by Gasteiger charge is -2.14. The van der Waals surface area contributed by atoms with Gasteiger partial charge in [-0.15, -0.1) is 10.2 Å². The number of methoxy groups -OCH3 is 1. The van der Waals surface area contributed by atoms with Crippen molar-refractivity contribution in [2.24, 2.45) is 0 Å². The summed E-state index contributed by atoms with van der Waals surface area (Å²) in [5.74, 6) is 1.80. The van der Waals surface area contributed by atoms with Crippen molar-refractivity contribution in [3.8, 4) is 5.75 Å². The normalized spacial score (nSPS) is 11.2. The number of hydrogen-bond donors (Lipinski definition) is 3. The van der Waals surface area contributed by atoms with Crippen LogP contribution >= 0.6 is 0 Å². The molecule has 158 valence electrons. The molecule has 10 heteroatoms. The highest BCUT2D eigenvalue weighted by molar-refractivity contribution is 7.89. The fourth-order valence-corrected chi connectivity index (χ4v) is 4.14. The lowest BCUT2D eigenvalue weighted by molar-refractivity contribution is 0.410. The van der Waals surface area contributed by atoms with Gasteiger partial charge in [-0.25, -0.2) is 13.1 Å². The van der Waals surface area contributed by atoms with E-state index in [0.717, 1.165) is 11.3 Å². The standard InChI is InChI=1S/C20H24N6O3S/c1-14-15(2)18(5-4-17(14)29-3)30(27,28)23-13-12-22-19-6-7-20(26-25-19)24-16-8-10-21-11-9-16/h4-11,23H,12-13H2,1-3H3,(H,22,25)(H,21,24,26). The average Bonchev–Trinajstić information content (AvgIpc) is 2.75. The molecular weight excluding hydrogens is 404 g/mol. The molecule has 2 aromatic heterocycles. The minimum atomic E-state index is -3.63. The molecule has 30 heavy (non-hydrogen) atoms. The van der Waals surface area contributed by atoms with Gasteiger partial charge in [-0.05, 0) is 61.4 Å². The van der Waals surface area contributed by atoms with Crippen LogP contribution in [0.3, 0.4) is 0 Å². The Morgan fingerprint density at radius 3 is 2.27 bits per heavy atom. The van der Waals surface area contributed by atoms with Gasteiger partial charge in [-0.1, -0.05) is 0 Å². The van der Waals surface area contributed by atoms with Crippen LogP contribution in [0.4, 0.5) is 17.3 Å². The summed E-state index contributed by atoms with van der Waals surface area (Å²) in [4.78, 5) is 4.20. The van der Waals surface area contributed by atoms with Crippen LogP contribution in [0.15, 0.2) is 53.7 Å². The van der Waals surface area contributed by atoms with E-state index in [4.69, 9.17) is 4.74 Å². The van der Waals surface area contributed by atoms with Gasteiger partial charge in [0, 0.05) is 31.2 Å². The van der Waals surface area contributed by atoms with E-state index >= 15 is 0 Å². The second kappa shape index (κ2) is 9.51. The third-order valence-electron chi connectivity index (χ3n) is 4.54. The maximum Gasteiger partial charge on any atom is 0.240 e. The topological polar surface area (TPSA) is 118 Å². The summed E-state index contributed by atoms with van der Waals surface area (Å²) in [5, 5.41) is 14.3. The Labute approximate surface area is 176 Å². The highest BCUT2D eigenvalue weighted by Gasteiger charge is 2.18. The second-order valence-corrected chi connectivity index (χ2v) is 8.24. The second-order valence-electron chi connectivity index (χ2n) is 6.51. The molecule has 1 aromatic carbocycles. The van der Waals surface area contributed by atoms with E-state index in [1.54, 1.807) is 50.7 Å². The molecule has 0 atom stereocenters. The molecule has 0 fully saturated rings. The summed E-state index contributed by atoms with van der Waals surface area (Å²) in [5.41, 5.74) is 2.32. The predicted octanol–water partition coefficient (Wildman–Crippen LogP) is 2.63. The first-order chi connectivity index (χ1) is 14.4. The van der Waals surface area contributed by atoms with Crippen molar-refractivity contribution in [3.05, 3.63) is 59.9 Å². The molecule has 2 heterocycles. The molecule has 3 N–H and O–H groups in total. The summed E-state index contributed by atoms with van der Waals surface area (Å²) in [6.07, 6.45) is 3.36. The first-order valence-electron chi connectivity index (χ1n) is 9.29. The molecule has 3 aromatic rings. The molecule has 0 aliphatic heterocycles. The smallest absolute Gasteiger partial charge is 0.240 e. The fraction of sp³-hybridized carbons (Fsp3) is 0.250. The largest absolute Gasteiger partial charge is 0.496 e. The maximum absolute atomic E-state index is 12.6. The average molecular weight is 429 g/mol. The van der Waals surface area contributed by atoms with Crippen molar-refractivity contribution in [1.29, 1.82) is 0 Å². The SMILES string of the molecule is COc1ccc(S(=O)(=O)NCCNc2ccc(Nc3ccncc3)nn2)c(C)c1C. The molecule has 0 saturated heterocycles. The van der Waals surface area contributed by atoms with Crippen LogP contribution < -0.4 is 20.1 Å². The zero-order valence-corrected chi connectivity index (χ0v) is 17.8. The summed E-state index contributed by atoms with van der Waals surface area (Å²) >= 11 is 0. The number of nitrogens with zero attached hydrogens (tertiary/aromatic N) is 3. The number of benzene rings is 1. The van der Waals surface area contributed by atoms with Crippen molar-refractivity contribution < 1.29 is 13.2 Å². The number of aromatic nitrogens is 3. The van der Waals surface area contributed by atoms with E-state index in [-0.39, 0.29) is 11.4 Å². The van der Waals surface area contributed by atoms with E-state index in [9.17, 15) is 8.42 Å². The summed E-state index contributed by atoms with van der Waals surface area (Å²) in [7, 11) is -2.07. The minimum Gasteiger partial charge on any atom is -0.496 e. The fourth-order valence-electron chi connectivity index (χ4n) is 2.81. The van der Waals surface area contributed by atoms with Crippen LogP contribution in [0.5, 0.6) is 5.75 Å². The van der Waals surface area contributed by atoms with Crippen LogP contribution in [0.2, 0.25) is 0 Å². The molecule has 0 saturated carbocycles. The number of rotatable bonds is 9. The third-order valence-corrected chi connectivity index (χ3v) is 6.14. The van der Waals surface area contributed by atoms with E-state index in [1.165, 1.54) is 0 Å². The van der Waals surface area contributed by atoms with Crippen LogP contribution in [-0.2, 0) is 10.0 Å². The third kappa shape index (κ3) is 5.22. The van der Waals surface area contributed by atoms with Gasteiger partial charge >= 0.3 is 0 Å². The van der Waals surface area contributed by atoms with Gasteiger partial charge < -0.3 is 15.4 Å². The highest BCUT2D eigenvalue weighted by atomic mass is 32.2. The van der Waals surface area contributed by atoms with Crippen molar-refractivity contribution in [2.45, 2.75) is 18.7 Å². The number of pyridine rings is 1. The van der Waals surface area contributed by atoms with Gasteiger partial charge in [0.05, 0.1) is 12.0 Å². The Bertz CT molecular complexity index is 1090. The van der Waals surface area contributed by atoms with E-state index in [1.807, 2.05) is 19.1 Å². The maximum atomic E-state index is 12.6. The zero-order chi connectivity index (χ0) is 21.6. The van der Waals surface area contributed by atoms with Gasteiger partial charge in [0.1, 0.15) is 11.6 Å². The van der Waals surface area contributed by atoms with Gasteiger partial charge in [0.25, 0.3) is 0 Å². The molecule has 0 amide bonds. The lowest BCUT2D eigenvalue weighted by atomic mass is 10.1. The van der Waals surface area contributed by atoms with Crippen molar-refractivity contribution in [2.75, 3.05) is 30.8 Å². The summed E-state index contributed by atoms with van der Waals surface area (Å²) < 4.78 is 33.1. The molecule has 3 rings (SSSR count). The van der Waals surface area contributed by atoms with E-state index in [0.29, 0.717) is 29.5 Å². The number of nitrogens with one attached hydrogen (secondary N) is 3. The molecule has 9 nitrogen and oxygen atoms in total. The predicted molar refractivity (Wildman–Crippen MR) is 116 cm³/mol. The number of anilines is 3. The van der Waals surface area contributed by atoms with Crippen LogP contribution in [-0.4, -0.2) is 43.8 Å². The van der Waals surface area contributed by atoms with Gasteiger partial charge in [0.2, 0.25) is 10.0 Å². The van der Waals surface area contributed by atoms with Gasteiger partial charge in [0.15, 0.2) is 5.82 Å². The summed E-state index contributed by atoms with van der Waals surface area (Å²) in [6, 6.07) is 10.4. The Hall–Kier alpha value is -3.24. The monoisotopic (exact) mass is 428 g/mol. The Morgan fingerprint density at radius 1 is 0.900 bits per heavy atom. The van der Waals surface area contributed by atoms with Gasteiger partial charge in [-0.2, -0.15) is 0 Å². The molecule has 0 spiro atoms. The van der Waals surface area contributed by atoms with E-state index in [2.05, 4.69) is 30.5 Å². The lowest BCUT2D eigenvalue weighted by Crippen LogP contribution is -2.29. The summed E-state index contributed by atoms with van der Waals surface area (Å²) in [6.45, 7) is 4.16. The number of ether oxygens (including phenoxy) is 1. The number of hydrogen-bond acceptors (Lipinski definition) is 8. The van der Waals surface area contributed by atoms with Crippen LogP contribution in [0, 0.1) is 13.8 Å². The first-order valence-corrected chi connectivity index (χ1v) is 10.8. The van der Waals surface area contributed by atoms with Gasteiger partial charge in [-0.3, -0.25) is 4.98 Å². The minimum absolute atomic E-state index is 0.200. The number of sulfonamides is 1. The van der Waals surface area contributed by atoms with Crippen molar-refractivity contribution in [1.82, 2.24) is 19.9 Å². The zero-order valence-electron chi connectivity index (χ0n) is 17.0. The Morgan fingerprint density at radius 2 is 1.60 bits per heavy atom.